The molecule has 1 saturated carbocycles. The quantitative estimate of drug-likeness (QED) is 0.700. The summed E-state index contributed by atoms with van der Waals surface area (Å²) in [5.74, 6) is 0. The Bertz CT molecular complexity index is 186. The number of nitrogens with one attached hydrogen (secondary N) is 2. The highest BCUT2D eigenvalue weighted by atomic mass is 15.1. The van der Waals surface area contributed by atoms with Crippen molar-refractivity contribution in [2.75, 3.05) is 0 Å². The van der Waals surface area contributed by atoms with Crippen LogP contribution in [0.5, 0.6) is 0 Å². The van der Waals surface area contributed by atoms with Gasteiger partial charge >= 0.3 is 0 Å². The number of piperidine rings is 1. The van der Waals surface area contributed by atoms with Crippen LogP contribution in [0.25, 0.3) is 0 Å². The summed E-state index contributed by atoms with van der Waals surface area (Å²) in [5.41, 5.74) is 0. The van der Waals surface area contributed by atoms with Gasteiger partial charge in [0.25, 0.3) is 0 Å². The standard InChI is InChI=1S/C12H22N2/c1-2-4-9(3-1)13-12-7-10-5-6-11(8-12)14-10/h9-14H,1-8H2. The maximum atomic E-state index is 3.88. The molecular weight excluding hydrogens is 172 g/mol. The number of rotatable bonds is 2. The van der Waals surface area contributed by atoms with Gasteiger partial charge in [-0.1, -0.05) is 12.8 Å². The molecule has 3 aliphatic rings. The monoisotopic (exact) mass is 194 g/mol. The van der Waals surface area contributed by atoms with Crippen LogP contribution in [-0.4, -0.2) is 24.2 Å². The summed E-state index contributed by atoms with van der Waals surface area (Å²) in [4.78, 5) is 0. The van der Waals surface area contributed by atoms with E-state index in [0.717, 1.165) is 24.2 Å². The Morgan fingerprint density at radius 1 is 0.786 bits per heavy atom. The molecule has 2 saturated heterocycles. The predicted octanol–water partition coefficient (Wildman–Crippen LogP) is 1.80. The van der Waals surface area contributed by atoms with Gasteiger partial charge in [-0.3, -0.25) is 0 Å². The zero-order valence-electron chi connectivity index (χ0n) is 8.97. The van der Waals surface area contributed by atoms with E-state index < -0.39 is 0 Å². The van der Waals surface area contributed by atoms with E-state index in [2.05, 4.69) is 10.6 Å². The molecule has 80 valence electrons. The van der Waals surface area contributed by atoms with Gasteiger partial charge in [-0.25, -0.2) is 0 Å². The van der Waals surface area contributed by atoms with E-state index in [9.17, 15) is 0 Å². The van der Waals surface area contributed by atoms with Crippen LogP contribution in [0.3, 0.4) is 0 Å². The maximum absolute atomic E-state index is 3.88. The third-order valence-corrected chi connectivity index (χ3v) is 4.30. The third-order valence-electron chi connectivity index (χ3n) is 4.30. The van der Waals surface area contributed by atoms with Crippen molar-refractivity contribution in [2.24, 2.45) is 0 Å². The summed E-state index contributed by atoms with van der Waals surface area (Å²) in [6.45, 7) is 0. The van der Waals surface area contributed by atoms with Crippen LogP contribution in [0.4, 0.5) is 0 Å². The minimum absolute atomic E-state index is 0.830. The van der Waals surface area contributed by atoms with Crippen molar-refractivity contribution in [3.63, 3.8) is 0 Å². The predicted molar refractivity (Wildman–Crippen MR) is 58.4 cm³/mol. The lowest BCUT2D eigenvalue weighted by Crippen LogP contribution is -2.48. The lowest BCUT2D eigenvalue weighted by atomic mass is 9.99. The van der Waals surface area contributed by atoms with Crippen molar-refractivity contribution in [3.05, 3.63) is 0 Å². The van der Waals surface area contributed by atoms with Gasteiger partial charge in [0.2, 0.25) is 0 Å². The molecule has 2 heterocycles. The molecule has 1 aliphatic carbocycles. The molecule has 3 rings (SSSR count). The van der Waals surface area contributed by atoms with Gasteiger partial charge in [-0.2, -0.15) is 0 Å². The second-order valence-electron chi connectivity index (χ2n) is 5.45. The topological polar surface area (TPSA) is 24.1 Å². The second-order valence-corrected chi connectivity index (χ2v) is 5.45. The summed E-state index contributed by atoms with van der Waals surface area (Å²) in [5, 5.41) is 7.58. The zero-order valence-corrected chi connectivity index (χ0v) is 8.97. The summed E-state index contributed by atoms with van der Waals surface area (Å²) >= 11 is 0. The van der Waals surface area contributed by atoms with E-state index in [-0.39, 0.29) is 0 Å². The molecule has 2 N–H and O–H groups in total. The Morgan fingerprint density at radius 3 is 2.07 bits per heavy atom. The van der Waals surface area contributed by atoms with Crippen LogP contribution in [-0.2, 0) is 0 Å². The van der Waals surface area contributed by atoms with Crippen molar-refractivity contribution in [1.29, 1.82) is 0 Å². The largest absolute Gasteiger partial charge is 0.311 e. The van der Waals surface area contributed by atoms with Gasteiger partial charge in [0.05, 0.1) is 0 Å². The molecule has 0 radical (unpaired) electrons. The fourth-order valence-electron chi connectivity index (χ4n) is 3.62. The smallest absolute Gasteiger partial charge is 0.00992 e. The van der Waals surface area contributed by atoms with Crippen molar-refractivity contribution in [3.8, 4) is 0 Å². The van der Waals surface area contributed by atoms with Crippen molar-refractivity contribution in [2.45, 2.75) is 75.5 Å². The van der Waals surface area contributed by atoms with E-state index in [4.69, 9.17) is 0 Å². The average molecular weight is 194 g/mol. The second kappa shape index (κ2) is 3.82. The van der Waals surface area contributed by atoms with Gasteiger partial charge in [0.1, 0.15) is 0 Å². The van der Waals surface area contributed by atoms with Gasteiger partial charge in [-0.05, 0) is 38.5 Å². The maximum Gasteiger partial charge on any atom is 0.00992 e. The normalized spacial score (nSPS) is 43.3. The van der Waals surface area contributed by atoms with Gasteiger partial charge in [0.15, 0.2) is 0 Å². The van der Waals surface area contributed by atoms with E-state index in [1.165, 1.54) is 51.4 Å². The number of fused-ring (bicyclic) bond motifs is 2. The minimum atomic E-state index is 0.830. The average Bonchev–Trinajstić information content (AvgIpc) is 2.77. The molecule has 3 fully saturated rings. The third kappa shape index (κ3) is 1.82. The number of hydrogen-bond donors (Lipinski definition) is 2. The van der Waals surface area contributed by atoms with E-state index >= 15 is 0 Å². The summed E-state index contributed by atoms with van der Waals surface area (Å²) in [7, 11) is 0. The lowest BCUT2D eigenvalue weighted by Gasteiger charge is -2.31. The Balaban J connectivity index is 1.53. The highest BCUT2D eigenvalue weighted by Crippen LogP contribution is 2.28. The summed E-state index contributed by atoms with van der Waals surface area (Å²) in [6.07, 6.45) is 11.4. The molecule has 2 heteroatoms. The molecule has 0 aromatic rings. The molecule has 0 amide bonds. The van der Waals surface area contributed by atoms with E-state index in [1.54, 1.807) is 0 Å². The van der Waals surface area contributed by atoms with Crippen LogP contribution < -0.4 is 10.6 Å². The molecule has 2 nitrogen and oxygen atoms in total. The Kier molecular flexibility index (Phi) is 2.50. The lowest BCUT2D eigenvalue weighted by molar-refractivity contribution is 0.294. The van der Waals surface area contributed by atoms with Crippen molar-refractivity contribution >= 4 is 0 Å². The first-order valence-corrected chi connectivity index (χ1v) is 6.42. The Labute approximate surface area is 86.8 Å². The fourth-order valence-corrected chi connectivity index (χ4v) is 3.62. The molecule has 2 atom stereocenters. The van der Waals surface area contributed by atoms with Crippen LogP contribution in [0, 0.1) is 0 Å². The van der Waals surface area contributed by atoms with Crippen LogP contribution in [0.15, 0.2) is 0 Å². The van der Waals surface area contributed by atoms with Gasteiger partial charge < -0.3 is 10.6 Å². The Hall–Kier alpha value is -0.0800. The fraction of sp³-hybridized carbons (Fsp3) is 1.00. The zero-order chi connectivity index (χ0) is 9.38. The summed E-state index contributed by atoms with van der Waals surface area (Å²) < 4.78 is 0. The molecule has 0 aromatic carbocycles. The van der Waals surface area contributed by atoms with Crippen LogP contribution in [0.2, 0.25) is 0 Å². The molecular formula is C12H22N2. The molecule has 0 spiro atoms. The first-order chi connectivity index (χ1) is 6.90. The van der Waals surface area contributed by atoms with Crippen LogP contribution in [0.1, 0.15) is 51.4 Å². The highest BCUT2D eigenvalue weighted by molar-refractivity contribution is 4.95. The number of hydrogen-bond acceptors (Lipinski definition) is 2. The van der Waals surface area contributed by atoms with E-state index in [1.807, 2.05) is 0 Å². The highest BCUT2D eigenvalue weighted by Gasteiger charge is 2.34. The minimum Gasteiger partial charge on any atom is -0.311 e. The first-order valence-electron chi connectivity index (χ1n) is 6.42. The molecule has 2 unspecified atom stereocenters. The first kappa shape index (κ1) is 9.17. The molecule has 0 aromatic heterocycles. The summed E-state index contributed by atoms with van der Waals surface area (Å²) in [6, 6.07) is 3.37. The molecule has 2 aliphatic heterocycles. The van der Waals surface area contributed by atoms with Crippen molar-refractivity contribution in [1.82, 2.24) is 10.6 Å². The van der Waals surface area contributed by atoms with Gasteiger partial charge in [0, 0.05) is 24.2 Å². The molecule has 14 heavy (non-hydrogen) atoms. The Morgan fingerprint density at radius 2 is 1.43 bits per heavy atom. The van der Waals surface area contributed by atoms with E-state index in [0.29, 0.717) is 0 Å². The van der Waals surface area contributed by atoms with Gasteiger partial charge in [-0.15, -0.1) is 0 Å². The SMILES string of the molecule is C1CCC(NC2CC3CCC(C2)N3)C1. The van der Waals surface area contributed by atoms with Crippen molar-refractivity contribution < 1.29 is 0 Å². The van der Waals surface area contributed by atoms with Crippen LogP contribution >= 0.6 is 0 Å². The molecule has 2 bridgehead atoms.